The minimum absolute atomic E-state index is 0.214. The topological polar surface area (TPSA) is 90.9 Å². The smallest absolute Gasteiger partial charge is 0.274 e. The highest BCUT2D eigenvalue weighted by atomic mass is 79.9. The summed E-state index contributed by atoms with van der Waals surface area (Å²) in [5, 5.41) is 8.42. The number of rotatable bonds is 6. The number of halogens is 1. The summed E-state index contributed by atoms with van der Waals surface area (Å²) < 4.78 is 4.56. The quantitative estimate of drug-likeness (QED) is 0.123. The van der Waals surface area contributed by atoms with Gasteiger partial charge in [-0.25, -0.2) is 19.1 Å². The Balaban J connectivity index is 1.33. The summed E-state index contributed by atoms with van der Waals surface area (Å²) in [4.78, 5) is 35.9. The van der Waals surface area contributed by atoms with Crippen LogP contribution in [0.1, 0.15) is 26.5 Å². The van der Waals surface area contributed by atoms with Gasteiger partial charge >= 0.3 is 0 Å². The molecule has 0 saturated heterocycles. The van der Waals surface area contributed by atoms with E-state index in [1.807, 2.05) is 85.5 Å². The number of nitrogens with zero attached hydrogens (tertiary/aromatic N) is 4. The maximum Gasteiger partial charge on any atom is 0.274 e. The largest absolute Gasteiger partial charge is 0.321 e. The number of hydrogen-bond acceptors (Lipinski definition) is 4. The van der Waals surface area contributed by atoms with Crippen molar-refractivity contribution in [2.75, 3.05) is 17.7 Å². The van der Waals surface area contributed by atoms with E-state index in [1.165, 1.54) is 0 Å². The van der Waals surface area contributed by atoms with Gasteiger partial charge in [-0.3, -0.25) is 9.59 Å². The molecule has 0 radical (unpaired) electrons. The summed E-state index contributed by atoms with van der Waals surface area (Å²) in [5.41, 5.74) is 5.51. The first-order valence-corrected chi connectivity index (χ1v) is 14.2. The standard InChI is InChI=1S/C34H25BrN6O2/c1-5-20-17-23(9-14-29(20)40(2)3)36-34(43)28-13-11-25-26(35)19-22-8-12-27(38-31(22)32(25)39-28)33(42)37-24-10-15-30-21(18-24)7-6-16-41(30)4/h5-19H,1-2H2,3-4H3/p+2. The molecule has 3 aromatic carbocycles. The van der Waals surface area contributed by atoms with Crippen molar-refractivity contribution in [1.29, 1.82) is 0 Å². The van der Waals surface area contributed by atoms with Crippen LogP contribution in [0.4, 0.5) is 17.1 Å². The van der Waals surface area contributed by atoms with Crippen LogP contribution >= 0.6 is 15.9 Å². The minimum atomic E-state index is -0.376. The van der Waals surface area contributed by atoms with Gasteiger partial charge in [0.15, 0.2) is 6.20 Å². The van der Waals surface area contributed by atoms with Crippen LogP contribution in [-0.4, -0.2) is 40.1 Å². The van der Waals surface area contributed by atoms with Crippen LogP contribution < -0.4 is 15.2 Å². The summed E-state index contributed by atoms with van der Waals surface area (Å²) in [6.45, 7) is 7.78. The molecule has 3 aromatic heterocycles. The predicted molar refractivity (Wildman–Crippen MR) is 175 cm³/mol. The van der Waals surface area contributed by atoms with Crippen LogP contribution in [0.2, 0.25) is 0 Å². The maximum atomic E-state index is 13.3. The molecule has 0 spiro atoms. The zero-order valence-electron chi connectivity index (χ0n) is 23.6. The lowest BCUT2D eigenvalue weighted by molar-refractivity contribution is -0.644. The number of aromatic nitrogens is 3. The van der Waals surface area contributed by atoms with Gasteiger partial charge in [-0.05, 0) is 54.6 Å². The Kier molecular flexibility index (Phi) is 7.25. The molecule has 210 valence electrons. The number of nitrogens with one attached hydrogen (secondary N) is 2. The molecular formula is C34H27BrN6O2+2. The number of fused-ring (bicyclic) bond motifs is 4. The lowest BCUT2D eigenvalue weighted by atomic mass is 10.1. The van der Waals surface area contributed by atoms with Gasteiger partial charge in [-0.1, -0.05) is 34.7 Å². The summed E-state index contributed by atoms with van der Waals surface area (Å²) >= 11 is 3.62. The third kappa shape index (κ3) is 5.38. The molecule has 0 aliphatic carbocycles. The van der Waals surface area contributed by atoms with Gasteiger partial charge < -0.3 is 10.6 Å². The van der Waals surface area contributed by atoms with E-state index in [0.717, 1.165) is 37.4 Å². The minimum Gasteiger partial charge on any atom is -0.321 e. The molecule has 0 saturated carbocycles. The number of carbonyl (C=O) groups excluding carboxylic acids is 2. The second-order valence-electron chi connectivity index (χ2n) is 10.2. The first-order chi connectivity index (χ1) is 20.7. The Labute approximate surface area is 256 Å². The van der Waals surface area contributed by atoms with Crippen LogP contribution in [0, 0.1) is 0 Å². The SMILES string of the molecule is C=Cc1cc(NC(=O)c2ccc3c(Br)cc4ccc(C(=O)Nc5ccc6c(ccc[n+]6C)c5)nc4c3n2)ccc1[N+](=C)C. The normalized spacial score (nSPS) is 11.0. The van der Waals surface area contributed by atoms with Crippen LogP contribution in [0.5, 0.6) is 0 Å². The lowest BCUT2D eigenvalue weighted by Crippen LogP contribution is -2.27. The number of amides is 2. The van der Waals surface area contributed by atoms with Crippen LogP contribution in [0.15, 0.2) is 96.1 Å². The molecule has 6 aromatic rings. The molecule has 9 heteroatoms. The van der Waals surface area contributed by atoms with Gasteiger partial charge in [0, 0.05) is 55.8 Å². The molecule has 0 atom stereocenters. The molecule has 8 nitrogen and oxygen atoms in total. The van der Waals surface area contributed by atoms with Crippen LogP contribution in [-0.2, 0) is 7.05 Å². The number of anilines is 2. The van der Waals surface area contributed by atoms with Crippen molar-refractivity contribution in [3.63, 3.8) is 0 Å². The van der Waals surface area contributed by atoms with E-state index < -0.39 is 0 Å². The van der Waals surface area contributed by atoms with Gasteiger partial charge in [-0.2, -0.15) is 0 Å². The molecule has 0 bridgehead atoms. The van der Waals surface area contributed by atoms with E-state index in [9.17, 15) is 9.59 Å². The number of aryl methyl sites for hydroxylation is 1. The van der Waals surface area contributed by atoms with Crippen molar-refractivity contribution in [1.82, 2.24) is 9.97 Å². The molecule has 6 rings (SSSR count). The van der Waals surface area contributed by atoms with E-state index in [0.29, 0.717) is 22.4 Å². The first-order valence-electron chi connectivity index (χ1n) is 13.4. The van der Waals surface area contributed by atoms with Gasteiger partial charge in [-0.15, -0.1) is 0 Å². The Morgan fingerprint density at radius 1 is 0.860 bits per heavy atom. The van der Waals surface area contributed by atoms with E-state index in [2.05, 4.69) is 39.9 Å². The van der Waals surface area contributed by atoms with Crippen molar-refractivity contribution >= 4 is 90.3 Å². The second kappa shape index (κ2) is 11.2. The van der Waals surface area contributed by atoms with Crippen molar-refractivity contribution in [3.8, 4) is 0 Å². The third-order valence-electron chi connectivity index (χ3n) is 7.22. The number of carbonyl (C=O) groups is 2. The van der Waals surface area contributed by atoms with Gasteiger partial charge in [0.25, 0.3) is 11.8 Å². The molecule has 0 aliphatic heterocycles. The van der Waals surface area contributed by atoms with E-state index in [-0.39, 0.29) is 23.2 Å². The second-order valence-corrected chi connectivity index (χ2v) is 11.1. The number of pyridine rings is 3. The number of hydrogen-bond donors (Lipinski definition) is 2. The average Bonchev–Trinajstić information content (AvgIpc) is 3.00. The molecule has 0 unspecified atom stereocenters. The third-order valence-corrected chi connectivity index (χ3v) is 7.87. The Bertz CT molecular complexity index is 2160. The summed E-state index contributed by atoms with van der Waals surface area (Å²) in [5.74, 6) is -0.722. The first kappa shape index (κ1) is 27.9. The molecule has 43 heavy (non-hydrogen) atoms. The Morgan fingerprint density at radius 3 is 2.26 bits per heavy atom. The summed E-state index contributed by atoms with van der Waals surface area (Å²) in [6, 6.07) is 24.1. The lowest BCUT2D eigenvalue weighted by Gasteiger charge is -2.11. The fourth-order valence-corrected chi connectivity index (χ4v) is 5.62. The Hall–Kier alpha value is -5.28. The van der Waals surface area contributed by atoms with Crippen molar-refractivity contribution in [2.45, 2.75) is 0 Å². The van der Waals surface area contributed by atoms with E-state index >= 15 is 0 Å². The number of benzene rings is 3. The monoisotopic (exact) mass is 630 g/mol. The summed E-state index contributed by atoms with van der Waals surface area (Å²) in [6.07, 6.45) is 3.69. The molecule has 2 amide bonds. The van der Waals surface area contributed by atoms with E-state index in [4.69, 9.17) is 9.97 Å². The molecule has 0 aliphatic rings. The van der Waals surface area contributed by atoms with Crippen molar-refractivity contribution in [2.24, 2.45) is 7.05 Å². The average molecular weight is 632 g/mol. The fraction of sp³-hybridized carbons (Fsp3) is 0.0588. The highest BCUT2D eigenvalue weighted by Gasteiger charge is 2.17. The zero-order chi connectivity index (χ0) is 30.2. The fourth-order valence-electron chi connectivity index (χ4n) is 5.05. The molecule has 2 N–H and O–H groups in total. The van der Waals surface area contributed by atoms with Gasteiger partial charge in [0.2, 0.25) is 11.2 Å². The summed E-state index contributed by atoms with van der Waals surface area (Å²) in [7, 11) is 3.82. The maximum absolute atomic E-state index is 13.3. The predicted octanol–water partition coefficient (Wildman–Crippen LogP) is 6.65. The van der Waals surface area contributed by atoms with Crippen LogP contribution in [0.25, 0.3) is 38.8 Å². The zero-order valence-corrected chi connectivity index (χ0v) is 25.1. The van der Waals surface area contributed by atoms with Crippen LogP contribution in [0.3, 0.4) is 0 Å². The van der Waals surface area contributed by atoms with Crippen molar-refractivity contribution in [3.05, 3.63) is 113 Å². The highest BCUT2D eigenvalue weighted by molar-refractivity contribution is 9.10. The van der Waals surface area contributed by atoms with E-state index in [1.54, 1.807) is 28.9 Å². The molecule has 3 heterocycles. The Morgan fingerprint density at radius 2 is 1.53 bits per heavy atom. The van der Waals surface area contributed by atoms with Gasteiger partial charge in [0.1, 0.15) is 32.2 Å². The molecular weight excluding hydrogens is 604 g/mol. The van der Waals surface area contributed by atoms with Crippen molar-refractivity contribution < 1.29 is 18.7 Å². The highest BCUT2D eigenvalue weighted by Crippen LogP contribution is 2.31. The molecule has 0 fully saturated rings. The van der Waals surface area contributed by atoms with Gasteiger partial charge in [0.05, 0.1) is 11.0 Å².